The van der Waals surface area contributed by atoms with Crippen molar-refractivity contribution in [3.63, 3.8) is 0 Å². The molecule has 0 radical (unpaired) electrons. The molecule has 1 amide bonds. The van der Waals surface area contributed by atoms with Crippen molar-refractivity contribution < 1.29 is 4.79 Å². The molecule has 1 aromatic carbocycles. The molecular formula is C16H21N3O. The number of hydrogen-bond donors (Lipinski definition) is 3. The van der Waals surface area contributed by atoms with E-state index in [4.69, 9.17) is 5.73 Å². The third-order valence-corrected chi connectivity index (χ3v) is 4.37. The summed E-state index contributed by atoms with van der Waals surface area (Å²) in [5.41, 5.74) is 7.44. The van der Waals surface area contributed by atoms with Gasteiger partial charge in [-0.25, -0.2) is 0 Å². The Bertz CT molecular complexity index is 599. The SMILES string of the molecule is NCC(NC(=O)c1cccc2cc[nH]c12)C1CCCC1. The van der Waals surface area contributed by atoms with Crippen molar-refractivity contribution in [1.29, 1.82) is 0 Å². The van der Waals surface area contributed by atoms with Gasteiger partial charge in [-0.3, -0.25) is 4.79 Å². The monoisotopic (exact) mass is 271 g/mol. The third kappa shape index (κ3) is 2.43. The van der Waals surface area contributed by atoms with Gasteiger partial charge in [0.2, 0.25) is 0 Å². The first-order valence-electron chi connectivity index (χ1n) is 7.36. The lowest BCUT2D eigenvalue weighted by atomic mass is 9.97. The van der Waals surface area contributed by atoms with Crippen molar-refractivity contribution in [2.75, 3.05) is 6.54 Å². The Morgan fingerprint density at radius 3 is 2.90 bits per heavy atom. The molecular weight excluding hydrogens is 250 g/mol. The Balaban J connectivity index is 1.79. The maximum atomic E-state index is 12.5. The summed E-state index contributed by atoms with van der Waals surface area (Å²) in [6, 6.07) is 7.84. The van der Waals surface area contributed by atoms with Crippen molar-refractivity contribution in [3.05, 3.63) is 36.0 Å². The van der Waals surface area contributed by atoms with E-state index < -0.39 is 0 Å². The minimum absolute atomic E-state index is 0.0274. The summed E-state index contributed by atoms with van der Waals surface area (Å²) in [6.07, 6.45) is 6.72. The van der Waals surface area contributed by atoms with Crippen LogP contribution < -0.4 is 11.1 Å². The highest BCUT2D eigenvalue weighted by molar-refractivity contribution is 6.05. The lowest BCUT2D eigenvalue weighted by Gasteiger charge is -2.23. The number of para-hydroxylation sites is 1. The molecule has 1 aliphatic rings. The molecule has 106 valence electrons. The van der Waals surface area contributed by atoms with Crippen LogP contribution in [0.4, 0.5) is 0 Å². The van der Waals surface area contributed by atoms with Crippen molar-refractivity contribution in [2.24, 2.45) is 11.7 Å². The van der Waals surface area contributed by atoms with Crippen LogP contribution in [0.5, 0.6) is 0 Å². The van der Waals surface area contributed by atoms with Crippen LogP contribution in [0, 0.1) is 5.92 Å². The van der Waals surface area contributed by atoms with E-state index in [2.05, 4.69) is 10.3 Å². The zero-order valence-corrected chi connectivity index (χ0v) is 11.6. The summed E-state index contributed by atoms with van der Waals surface area (Å²) in [4.78, 5) is 15.6. The largest absolute Gasteiger partial charge is 0.361 e. The van der Waals surface area contributed by atoms with Crippen LogP contribution in [0.3, 0.4) is 0 Å². The number of H-pyrrole nitrogens is 1. The Morgan fingerprint density at radius 2 is 2.15 bits per heavy atom. The molecule has 20 heavy (non-hydrogen) atoms. The number of rotatable bonds is 4. The molecule has 0 bridgehead atoms. The van der Waals surface area contributed by atoms with Gasteiger partial charge in [-0.15, -0.1) is 0 Å². The molecule has 1 saturated carbocycles. The second kappa shape index (κ2) is 5.67. The fourth-order valence-electron chi connectivity index (χ4n) is 3.25. The van der Waals surface area contributed by atoms with Gasteiger partial charge in [0.25, 0.3) is 5.91 Å². The van der Waals surface area contributed by atoms with E-state index in [9.17, 15) is 4.79 Å². The highest BCUT2D eigenvalue weighted by atomic mass is 16.1. The number of fused-ring (bicyclic) bond motifs is 1. The van der Waals surface area contributed by atoms with Gasteiger partial charge in [0.1, 0.15) is 0 Å². The van der Waals surface area contributed by atoms with Gasteiger partial charge in [0.15, 0.2) is 0 Å². The first-order valence-corrected chi connectivity index (χ1v) is 7.36. The van der Waals surface area contributed by atoms with E-state index in [0.717, 1.165) is 10.9 Å². The smallest absolute Gasteiger partial charge is 0.253 e. The molecule has 4 heteroatoms. The summed E-state index contributed by atoms with van der Waals surface area (Å²) in [7, 11) is 0. The van der Waals surface area contributed by atoms with Gasteiger partial charge in [0, 0.05) is 24.2 Å². The highest BCUT2D eigenvalue weighted by Gasteiger charge is 2.26. The molecule has 0 spiro atoms. The Kier molecular flexibility index (Phi) is 3.74. The number of hydrogen-bond acceptors (Lipinski definition) is 2. The van der Waals surface area contributed by atoms with Crippen LogP contribution in [-0.2, 0) is 0 Å². The van der Waals surface area contributed by atoms with Gasteiger partial charge in [-0.2, -0.15) is 0 Å². The Morgan fingerprint density at radius 1 is 1.35 bits per heavy atom. The van der Waals surface area contributed by atoms with Gasteiger partial charge in [-0.1, -0.05) is 25.0 Å². The van der Waals surface area contributed by atoms with Crippen molar-refractivity contribution >= 4 is 16.8 Å². The number of aromatic nitrogens is 1. The second-order valence-electron chi connectivity index (χ2n) is 5.61. The van der Waals surface area contributed by atoms with E-state index in [0.29, 0.717) is 18.0 Å². The second-order valence-corrected chi connectivity index (χ2v) is 5.61. The number of carbonyl (C=O) groups is 1. The van der Waals surface area contributed by atoms with Crippen LogP contribution in [0.25, 0.3) is 10.9 Å². The van der Waals surface area contributed by atoms with Crippen LogP contribution >= 0.6 is 0 Å². The zero-order valence-electron chi connectivity index (χ0n) is 11.6. The molecule has 3 rings (SSSR count). The average molecular weight is 271 g/mol. The minimum Gasteiger partial charge on any atom is -0.361 e. The number of benzene rings is 1. The molecule has 1 aliphatic carbocycles. The maximum Gasteiger partial charge on any atom is 0.253 e. The van der Waals surface area contributed by atoms with Crippen molar-refractivity contribution in [1.82, 2.24) is 10.3 Å². The molecule has 1 atom stereocenters. The average Bonchev–Trinajstić information content (AvgIpc) is 3.14. The molecule has 1 fully saturated rings. The molecule has 2 aromatic rings. The van der Waals surface area contributed by atoms with Crippen LogP contribution in [0.15, 0.2) is 30.5 Å². The third-order valence-electron chi connectivity index (χ3n) is 4.37. The summed E-state index contributed by atoms with van der Waals surface area (Å²) in [5, 5.41) is 4.18. The van der Waals surface area contributed by atoms with Crippen LogP contribution in [0.1, 0.15) is 36.0 Å². The number of amides is 1. The topological polar surface area (TPSA) is 70.9 Å². The van der Waals surface area contributed by atoms with E-state index in [1.165, 1.54) is 25.7 Å². The molecule has 1 aromatic heterocycles. The normalized spacial score (nSPS) is 17.4. The molecule has 0 saturated heterocycles. The number of carbonyl (C=O) groups excluding carboxylic acids is 1. The quantitative estimate of drug-likeness (QED) is 0.799. The van der Waals surface area contributed by atoms with Crippen LogP contribution in [0.2, 0.25) is 0 Å². The summed E-state index contributed by atoms with van der Waals surface area (Å²) in [6.45, 7) is 0.511. The first kappa shape index (κ1) is 13.2. The van der Waals surface area contributed by atoms with Crippen molar-refractivity contribution in [2.45, 2.75) is 31.7 Å². The Labute approximate surface area is 118 Å². The summed E-state index contributed by atoms with van der Waals surface area (Å²) in [5.74, 6) is 0.507. The van der Waals surface area contributed by atoms with E-state index in [1.807, 2.05) is 30.5 Å². The number of nitrogens with two attached hydrogens (primary N) is 1. The highest BCUT2D eigenvalue weighted by Crippen LogP contribution is 2.27. The first-order chi connectivity index (χ1) is 9.79. The molecule has 1 heterocycles. The standard InChI is InChI=1S/C16H21N3O/c17-10-14(11-4-1-2-5-11)19-16(20)13-7-3-6-12-8-9-18-15(12)13/h3,6-9,11,14,18H,1-2,4-5,10,17H2,(H,19,20). The Hall–Kier alpha value is -1.81. The van der Waals surface area contributed by atoms with Gasteiger partial charge >= 0.3 is 0 Å². The maximum absolute atomic E-state index is 12.5. The molecule has 0 aliphatic heterocycles. The van der Waals surface area contributed by atoms with Crippen LogP contribution in [-0.4, -0.2) is 23.5 Å². The number of nitrogens with one attached hydrogen (secondary N) is 2. The van der Waals surface area contributed by atoms with E-state index in [1.54, 1.807) is 0 Å². The molecule has 1 unspecified atom stereocenters. The lowest BCUT2D eigenvalue weighted by molar-refractivity contribution is 0.0925. The van der Waals surface area contributed by atoms with Crippen molar-refractivity contribution in [3.8, 4) is 0 Å². The fraction of sp³-hybridized carbons (Fsp3) is 0.438. The summed E-state index contributed by atoms with van der Waals surface area (Å²) < 4.78 is 0. The predicted octanol–water partition coefficient (Wildman–Crippen LogP) is 2.42. The fourth-order valence-corrected chi connectivity index (χ4v) is 3.25. The van der Waals surface area contributed by atoms with E-state index >= 15 is 0 Å². The van der Waals surface area contributed by atoms with E-state index in [-0.39, 0.29) is 11.9 Å². The summed E-state index contributed by atoms with van der Waals surface area (Å²) >= 11 is 0. The molecule has 4 nitrogen and oxygen atoms in total. The van der Waals surface area contributed by atoms with Gasteiger partial charge in [0.05, 0.1) is 11.1 Å². The predicted molar refractivity (Wildman–Crippen MR) is 80.6 cm³/mol. The van der Waals surface area contributed by atoms with Gasteiger partial charge in [-0.05, 0) is 30.9 Å². The van der Waals surface area contributed by atoms with Gasteiger partial charge < -0.3 is 16.0 Å². The minimum atomic E-state index is -0.0274. The lowest BCUT2D eigenvalue weighted by Crippen LogP contribution is -2.44. The zero-order chi connectivity index (χ0) is 13.9. The number of aromatic amines is 1. The molecule has 4 N–H and O–H groups in total.